The Morgan fingerprint density at radius 1 is 0.773 bits per heavy atom. The van der Waals surface area contributed by atoms with Gasteiger partial charge < -0.3 is 0 Å². The number of halogens is 2. The minimum Gasteiger partial charge on any atom is -0.282 e. The third kappa shape index (κ3) is 11.2. The zero-order valence-corrected chi connectivity index (χ0v) is 13.9. The van der Waals surface area contributed by atoms with Crippen LogP contribution in [0.25, 0.3) is 0 Å². The summed E-state index contributed by atoms with van der Waals surface area (Å²) in [6.07, 6.45) is 0. The summed E-state index contributed by atoms with van der Waals surface area (Å²) < 4.78 is 54.8. The zero-order valence-electron chi connectivity index (χ0n) is 10.8. The Bertz CT molecular complexity index is 765. The summed E-state index contributed by atoms with van der Waals surface area (Å²) in [5, 5.41) is 1.22. The van der Waals surface area contributed by atoms with Crippen molar-refractivity contribution in [3.05, 3.63) is 64.6 Å². The van der Waals surface area contributed by atoms with Crippen molar-refractivity contribution in [2.75, 3.05) is 0 Å². The van der Waals surface area contributed by atoms with Gasteiger partial charge in [-0.15, -0.1) is 12.6 Å². The average molecular weight is 385 g/mol. The summed E-state index contributed by atoms with van der Waals surface area (Å²) in [5.41, 5.74) is 0. The van der Waals surface area contributed by atoms with Gasteiger partial charge in [-0.3, -0.25) is 4.55 Å². The van der Waals surface area contributed by atoms with Crippen molar-refractivity contribution < 1.29 is 25.6 Å². The van der Waals surface area contributed by atoms with Crippen molar-refractivity contribution >= 4 is 43.9 Å². The predicted octanol–water partition coefficient (Wildman–Crippen LogP) is 2.92. The molecule has 6 nitrogen and oxygen atoms in total. The van der Waals surface area contributed by atoms with E-state index < -0.39 is 20.7 Å². The van der Waals surface area contributed by atoms with Crippen LogP contribution in [0.1, 0.15) is 0 Å². The van der Waals surface area contributed by atoms with Gasteiger partial charge >= 0.3 is 10.6 Å². The smallest absolute Gasteiger partial charge is 0.282 e. The van der Waals surface area contributed by atoms with Gasteiger partial charge in [-0.25, -0.2) is 0 Å². The van der Waals surface area contributed by atoms with E-state index in [1.165, 1.54) is 24.3 Å². The first-order valence-electron chi connectivity index (χ1n) is 5.33. The molecule has 0 unspecified atom stereocenters. The second-order valence-corrected chi connectivity index (χ2v) is 6.13. The Labute approximate surface area is 139 Å². The van der Waals surface area contributed by atoms with Crippen LogP contribution in [-0.2, 0) is 20.7 Å². The van der Waals surface area contributed by atoms with Crippen molar-refractivity contribution in [1.29, 1.82) is 0 Å². The number of hydrogen-bond donors (Lipinski definition) is 1. The van der Waals surface area contributed by atoms with E-state index in [0.29, 0.717) is 5.02 Å². The van der Waals surface area contributed by atoms with Gasteiger partial charge in [-0.1, -0.05) is 41.4 Å². The molecule has 2 aromatic rings. The predicted molar refractivity (Wildman–Crippen MR) is 82.4 cm³/mol. The molecule has 120 valence electrons. The van der Waals surface area contributed by atoms with E-state index >= 15 is 0 Å². The Kier molecular flexibility index (Phi) is 9.63. The molecule has 0 aromatic heterocycles. The zero-order chi connectivity index (χ0) is 17.2. The highest BCUT2D eigenvalue weighted by molar-refractivity contribution is 7.85. The summed E-state index contributed by atoms with van der Waals surface area (Å²) in [7, 11) is -7.19. The summed E-state index contributed by atoms with van der Waals surface area (Å²) >= 11 is 11.0. The lowest BCUT2D eigenvalue weighted by atomic mass is 10.4. The fourth-order valence-corrected chi connectivity index (χ4v) is 1.77. The molecule has 2 aromatic carbocycles. The molecule has 0 aliphatic rings. The lowest BCUT2D eigenvalue weighted by Gasteiger charge is -1.94. The maximum Gasteiger partial charge on any atom is 0.425 e. The van der Waals surface area contributed by atoms with Crippen LogP contribution in [0.2, 0.25) is 10.0 Å². The Morgan fingerprint density at radius 2 is 1.14 bits per heavy atom. The highest BCUT2D eigenvalue weighted by atomic mass is 35.5. The van der Waals surface area contributed by atoms with Gasteiger partial charge in [-0.2, -0.15) is 8.42 Å². The van der Waals surface area contributed by atoms with E-state index in [2.05, 4.69) is 0 Å². The van der Waals surface area contributed by atoms with Gasteiger partial charge in [0.15, 0.2) is 0 Å². The fourth-order valence-electron chi connectivity index (χ4n) is 1.02. The van der Waals surface area contributed by atoms with E-state index in [-0.39, 0.29) is 4.90 Å². The largest absolute Gasteiger partial charge is 0.425 e. The molecule has 0 aliphatic heterocycles. The first-order valence-corrected chi connectivity index (χ1v) is 8.53. The summed E-state index contributed by atoms with van der Waals surface area (Å²) in [6.45, 7) is 0. The van der Waals surface area contributed by atoms with Crippen LogP contribution >= 0.6 is 23.2 Å². The molecule has 0 heterocycles. The first kappa shape index (κ1) is 20.6. The lowest BCUT2D eigenvalue weighted by molar-refractivity contribution is 0.483. The molecule has 0 aliphatic carbocycles. The Hall–Kier alpha value is -1.45. The number of hydrogen-bond acceptors (Lipinski definition) is 5. The minimum absolute atomic E-state index is 0.151. The third-order valence-electron chi connectivity index (χ3n) is 1.84. The van der Waals surface area contributed by atoms with Crippen molar-refractivity contribution in [1.82, 2.24) is 0 Å². The molecule has 0 saturated carbocycles. The van der Waals surface area contributed by atoms with Crippen LogP contribution in [-0.4, -0.2) is 25.6 Å². The highest BCUT2D eigenvalue weighted by Gasteiger charge is 2.07. The maximum atomic E-state index is 10.5. The van der Waals surface area contributed by atoms with Gasteiger partial charge in [-0.05, 0) is 36.4 Å². The van der Waals surface area contributed by atoms with Gasteiger partial charge in [0, 0.05) is 10.0 Å². The summed E-state index contributed by atoms with van der Waals surface area (Å²) in [6, 6.07) is 14.7. The van der Waals surface area contributed by atoms with E-state index in [4.69, 9.17) is 40.4 Å². The van der Waals surface area contributed by atoms with Crippen molar-refractivity contribution in [2.45, 2.75) is 4.90 Å². The fraction of sp³-hybridized carbons (Fsp3) is 0. The highest BCUT2D eigenvalue weighted by Crippen LogP contribution is 2.13. The Balaban J connectivity index is 0.000000343. The van der Waals surface area contributed by atoms with Crippen molar-refractivity contribution in [2.24, 2.45) is 0 Å². The topological polar surface area (TPSA) is 106 Å². The summed E-state index contributed by atoms with van der Waals surface area (Å²) in [4.78, 5) is -0.151. The van der Waals surface area contributed by atoms with E-state index in [1.807, 2.05) is 30.3 Å². The van der Waals surface area contributed by atoms with Crippen molar-refractivity contribution in [3.8, 4) is 0 Å². The van der Waals surface area contributed by atoms with Crippen LogP contribution in [0.15, 0.2) is 59.5 Å². The van der Waals surface area contributed by atoms with Gasteiger partial charge in [0.25, 0.3) is 10.1 Å². The lowest BCUT2D eigenvalue weighted by Crippen LogP contribution is -1.96. The van der Waals surface area contributed by atoms with Gasteiger partial charge in [0.1, 0.15) is 0 Å². The molecule has 0 radical (unpaired) electrons. The molecular formula is C12H10Cl2O6S2. The molecule has 0 saturated heterocycles. The third-order valence-corrected chi connectivity index (χ3v) is 3.22. The second-order valence-electron chi connectivity index (χ2n) is 3.43. The normalized spacial score (nSPS) is 9.59. The van der Waals surface area contributed by atoms with Crippen LogP contribution < -0.4 is 0 Å². The van der Waals surface area contributed by atoms with E-state index in [0.717, 1.165) is 5.02 Å². The van der Waals surface area contributed by atoms with Crippen LogP contribution in [0, 0.1) is 0 Å². The quantitative estimate of drug-likeness (QED) is 0.757. The average Bonchev–Trinajstić information content (AvgIpc) is 2.39. The molecule has 22 heavy (non-hydrogen) atoms. The van der Waals surface area contributed by atoms with Crippen LogP contribution in [0.3, 0.4) is 0 Å². The molecule has 2 rings (SSSR count). The number of benzene rings is 2. The second kappa shape index (κ2) is 10.3. The SMILES string of the molecule is Clc1ccccc1.O=S(=O)(O)c1ccc(Cl)cc1.O=S(=O)=O. The minimum atomic E-state index is -4.08. The van der Waals surface area contributed by atoms with Crippen LogP contribution in [0.5, 0.6) is 0 Å². The molecule has 0 amide bonds. The molecule has 10 heteroatoms. The molecule has 0 spiro atoms. The first-order chi connectivity index (χ1) is 10.1. The molecule has 0 fully saturated rings. The van der Waals surface area contributed by atoms with Gasteiger partial charge in [0.05, 0.1) is 4.90 Å². The molecule has 0 atom stereocenters. The van der Waals surface area contributed by atoms with Crippen molar-refractivity contribution in [3.63, 3.8) is 0 Å². The number of rotatable bonds is 1. The van der Waals surface area contributed by atoms with E-state index in [9.17, 15) is 8.42 Å². The monoisotopic (exact) mass is 384 g/mol. The Morgan fingerprint density at radius 3 is 1.41 bits per heavy atom. The summed E-state index contributed by atoms with van der Waals surface area (Å²) in [5.74, 6) is 0. The standard InChI is InChI=1S/C6H5ClO3S.C6H5Cl.O3S/c7-5-1-3-6(4-2-5)11(8,9)10;7-6-4-2-1-3-5-6;1-4(2)3/h1-4H,(H,8,9,10);1-5H;. The van der Waals surface area contributed by atoms with Gasteiger partial charge in [0.2, 0.25) is 0 Å². The molecule has 1 N–H and O–H groups in total. The maximum absolute atomic E-state index is 10.5. The van der Waals surface area contributed by atoms with E-state index in [1.54, 1.807) is 0 Å². The van der Waals surface area contributed by atoms with Crippen LogP contribution in [0.4, 0.5) is 0 Å². The molecular weight excluding hydrogens is 375 g/mol. The molecule has 0 bridgehead atoms.